The van der Waals surface area contributed by atoms with Crippen LogP contribution in [0.3, 0.4) is 0 Å². The molecule has 0 aromatic heterocycles. The molecule has 0 amide bonds. The van der Waals surface area contributed by atoms with Gasteiger partial charge in [0.25, 0.3) is 0 Å². The maximum atomic E-state index is 12.8. The summed E-state index contributed by atoms with van der Waals surface area (Å²) in [4.78, 5) is 0. The first-order valence-corrected chi connectivity index (χ1v) is 3.76. The molecular weight excluding hydrogens is 183 g/mol. The van der Waals surface area contributed by atoms with Crippen LogP contribution in [0.4, 0.5) is 10.1 Å². The third-order valence-corrected chi connectivity index (χ3v) is 1.63. The molecule has 0 fully saturated rings. The zero-order valence-electron chi connectivity index (χ0n) is 7.44. The SMILES string of the molecule is C=NN(N=C)c1ccc(F)cc1C=N. The van der Waals surface area contributed by atoms with Gasteiger partial charge in [0.1, 0.15) is 5.82 Å². The number of hydrazone groups is 2. The van der Waals surface area contributed by atoms with Crippen molar-refractivity contribution in [2.45, 2.75) is 0 Å². The second-order valence-electron chi connectivity index (χ2n) is 2.42. The molecule has 4 nitrogen and oxygen atoms in total. The third kappa shape index (κ3) is 1.82. The highest BCUT2D eigenvalue weighted by atomic mass is 19.1. The fraction of sp³-hybridized carbons (Fsp3) is 0. The molecule has 1 aromatic rings. The maximum absolute atomic E-state index is 12.8. The van der Waals surface area contributed by atoms with Crippen molar-refractivity contribution in [1.82, 2.24) is 0 Å². The highest BCUT2D eigenvalue weighted by Gasteiger charge is 2.07. The monoisotopic (exact) mass is 192 g/mol. The van der Waals surface area contributed by atoms with Crippen LogP contribution >= 0.6 is 0 Å². The summed E-state index contributed by atoms with van der Waals surface area (Å²) in [6.45, 7) is 6.56. The van der Waals surface area contributed by atoms with Gasteiger partial charge in [-0.05, 0) is 18.2 Å². The Morgan fingerprint density at radius 3 is 2.50 bits per heavy atom. The number of rotatable bonds is 4. The van der Waals surface area contributed by atoms with Gasteiger partial charge < -0.3 is 5.41 Å². The number of hydrogen-bond acceptors (Lipinski definition) is 4. The van der Waals surface area contributed by atoms with Crippen LogP contribution in [0.5, 0.6) is 0 Å². The second kappa shape index (κ2) is 4.27. The predicted molar refractivity (Wildman–Crippen MR) is 55.9 cm³/mol. The molecular formula is C9H9FN4. The van der Waals surface area contributed by atoms with Crippen molar-refractivity contribution >= 4 is 25.3 Å². The van der Waals surface area contributed by atoms with Gasteiger partial charge in [0.2, 0.25) is 0 Å². The smallest absolute Gasteiger partial charge is 0.124 e. The quantitative estimate of drug-likeness (QED) is 0.574. The molecule has 0 saturated heterocycles. The first kappa shape index (κ1) is 10.0. The lowest BCUT2D eigenvalue weighted by molar-refractivity contribution is 0.627. The van der Waals surface area contributed by atoms with E-state index in [0.29, 0.717) is 11.3 Å². The van der Waals surface area contributed by atoms with Crippen LogP contribution in [0.1, 0.15) is 5.56 Å². The summed E-state index contributed by atoms with van der Waals surface area (Å²) in [6, 6.07) is 3.93. The molecule has 72 valence electrons. The molecule has 14 heavy (non-hydrogen) atoms. The van der Waals surface area contributed by atoms with Gasteiger partial charge in [0.15, 0.2) is 0 Å². The van der Waals surface area contributed by atoms with Gasteiger partial charge in [-0.25, -0.2) is 4.39 Å². The van der Waals surface area contributed by atoms with Crippen molar-refractivity contribution in [2.24, 2.45) is 10.2 Å². The summed E-state index contributed by atoms with van der Waals surface area (Å²) in [6.07, 6.45) is 1.02. The largest absolute Gasteiger partial charge is 0.308 e. The van der Waals surface area contributed by atoms with E-state index in [1.165, 1.54) is 18.2 Å². The summed E-state index contributed by atoms with van der Waals surface area (Å²) < 4.78 is 12.8. The average molecular weight is 192 g/mol. The fourth-order valence-corrected chi connectivity index (χ4v) is 1.02. The van der Waals surface area contributed by atoms with E-state index >= 15 is 0 Å². The van der Waals surface area contributed by atoms with Gasteiger partial charge in [-0.2, -0.15) is 15.3 Å². The van der Waals surface area contributed by atoms with Crippen molar-refractivity contribution in [3.05, 3.63) is 29.6 Å². The lowest BCUT2D eigenvalue weighted by Crippen LogP contribution is -2.08. The van der Waals surface area contributed by atoms with Gasteiger partial charge in [-0.15, -0.1) is 0 Å². The standard InChI is InChI=1S/C9H9FN4/c1-12-14(13-2)9-4-3-8(10)5-7(9)6-11/h3-6,11H,1-2H2. The van der Waals surface area contributed by atoms with E-state index in [1.54, 1.807) is 0 Å². The van der Waals surface area contributed by atoms with Gasteiger partial charge in [0, 0.05) is 25.2 Å². The summed E-state index contributed by atoms with van der Waals surface area (Å²) in [5.41, 5.74) is 0.830. The Kier molecular flexibility index (Phi) is 3.06. The maximum Gasteiger partial charge on any atom is 0.124 e. The summed E-state index contributed by atoms with van der Waals surface area (Å²) in [5.74, 6) is -0.416. The molecule has 0 radical (unpaired) electrons. The molecule has 0 unspecified atom stereocenters. The van der Waals surface area contributed by atoms with Crippen LogP contribution in [-0.4, -0.2) is 19.6 Å². The highest BCUT2D eigenvalue weighted by Crippen LogP contribution is 2.20. The normalized spacial score (nSPS) is 9.21. The predicted octanol–water partition coefficient (Wildman–Crippen LogP) is 1.86. The topological polar surface area (TPSA) is 51.8 Å². The summed E-state index contributed by atoms with van der Waals surface area (Å²) in [7, 11) is 0. The van der Waals surface area contributed by atoms with Crippen LogP contribution in [0.2, 0.25) is 0 Å². The van der Waals surface area contributed by atoms with Crippen molar-refractivity contribution in [1.29, 1.82) is 5.41 Å². The van der Waals surface area contributed by atoms with Crippen LogP contribution < -0.4 is 5.12 Å². The van der Waals surface area contributed by atoms with Crippen molar-refractivity contribution in [3.63, 3.8) is 0 Å². The molecule has 0 atom stereocenters. The minimum Gasteiger partial charge on any atom is -0.308 e. The van der Waals surface area contributed by atoms with E-state index in [4.69, 9.17) is 5.41 Å². The van der Waals surface area contributed by atoms with E-state index in [2.05, 4.69) is 23.6 Å². The molecule has 1 aromatic carbocycles. The van der Waals surface area contributed by atoms with Crippen molar-refractivity contribution < 1.29 is 4.39 Å². The highest BCUT2D eigenvalue weighted by molar-refractivity contribution is 5.86. The Bertz CT molecular complexity index is 367. The second-order valence-corrected chi connectivity index (χ2v) is 2.42. The number of anilines is 1. The Morgan fingerprint density at radius 1 is 1.36 bits per heavy atom. The minimum atomic E-state index is -0.416. The number of nitrogens with zero attached hydrogens (tertiary/aromatic N) is 3. The Labute approximate surface area is 80.9 Å². The van der Waals surface area contributed by atoms with Gasteiger partial charge in [0.05, 0.1) is 5.69 Å². The zero-order chi connectivity index (χ0) is 10.6. The fourth-order valence-electron chi connectivity index (χ4n) is 1.02. The van der Waals surface area contributed by atoms with Crippen molar-refractivity contribution in [2.75, 3.05) is 5.12 Å². The number of benzene rings is 1. The lowest BCUT2D eigenvalue weighted by Gasteiger charge is -2.13. The van der Waals surface area contributed by atoms with Crippen LogP contribution in [0.25, 0.3) is 0 Å². The summed E-state index contributed by atoms with van der Waals surface area (Å²) in [5, 5.41) is 15.3. The third-order valence-electron chi connectivity index (χ3n) is 1.63. The molecule has 5 heteroatoms. The minimum absolute atomic E-state index is 0.366. The molecule has 0 aliphatic rings. The van der Waals surface area contributed by atoms with Crippen LogP contribution in [-0.2, 0) is 0 Å². The molecule has 0 heterocycles. The van der Waals surface area contributed by atoms with Gasteiger partial charge in [-0.3, -0.25) is 0 Å². The zero-order valence-corrected chi connectivity index (χ0v) is 7.44. The lowest BCUT2D eigenvalue weighted by atomic mass is 10.2. The Hall–Kier alpha value is -2.04. The van der Waals surface area contributed by atoms with E-state index in [0.717, 1.165) is 11.3 Å². The van der Waals surface area contributed by atoms with Gasteiger partial charge in [-0.1, -0.05) is 0 Å². The molecule has 1 rings (SSSR count). The van der Waals surface area contributed by atoms with E-state index in [9.17, 15) is 4.39 Å². The van der Waals surface area contributed by atoms with E-state index in [-0.39, 0.29) is 0 Å². The first-order chi connectivity index (χ1) is 6.72. The molecule has 0 aliphatic carbocycles. The molecule has 0 saturated carbocycles. The Morgan fingerprint density at radius 2 is 2.00 bits per heavy atom. The first-order valence-electron chi connectivity index (χ1n) is 3.76. The number of halogens is 1. The molecule has 0 spiro atoms. The van der Waals surface area contributed by atoms with E-state index in [1.807, 2.05) is 0 Å². The van der Waals surface area contributed by atoms with Crippen LogP contribution in [0, 0.1) is 11.2 Å². The summed E-state index contributed by atoms with van der Waals surface area (Å²) >= 11 is 0. The Balaban J connectivity index is 3.25. The van der Waals surface area contributed by atoms with Gasteiger partial charge >= 0.3 is 0 Å². The number of hydrogen-bond donors (Lipinski definition) is 1. The molecule has 1 N–H and O–H groups in total. The average Bonchev–Trinajstić information content (AvgIpc) is 2.21. The van der Waals surface area contributed by atoms with E-state index < -0.39 is 5.82 Å². The molecule has 0 aliphatic heterocycles. The number of nitrogens with one attached hydrogen (secondary N) is 1. The molecule has 0 bridgehead atoms. The van der Waals surface area contributed by atoms with Crippen molar-refractivity contribution in [3.8, 4) is 0 Å². The van der Waals surface area contributed by atoms with Crippen LogP contribution in [0.15, 0.2) is 28.4 Å².